The highest BCUT2D eigenvalue weighted by Gasteiger charge is 2.14. The monoisotopic (exact) mass is 362 g/mol. The average molecular weight is 363 g/mol. The number of rotatable bonds is 8. The highest BCUT2D eigenvalue weighted by Crippen LogP contribution is 2.11. The Bertz CT molecular complexity index is 676. The van der Waals surface area contributed by atoms with Crippen molar-refractivity contribution in [2.24, 2.45) is 0 Å². The molecule has 3 rings (SSSR count). The molecule has 25 heavy (non-hydrogen) atoms. The van der Waals surface area contributed by atoms with Crippen molar-refractivity contribution >= 4 is 17.2 Å². The zero-order valence-electron chi connectivity index (χ0n) is 14.7. The van der Waals surface area contributed by atoms with Crippen LogP contribution >= 0.6 is 11.3 Å². The summed E-state index contributed by atoms with van der Waals surface area (Å²) in [6.07, 6.45) is 8.32. The van der Waals surface area contributed by atoms with E-state index in [9.17, 15) is 4.79 Å². The standard InChI is InChI=1S/C17H26N6OS/c1-13-12-25-16(20-13)6-4-9-19-17(24)15-11-23(22-21-15)10-7-14-5-2-3-8-18-14/h11-12,14,18H,2-10H2,1H3,(H,19,24)/t14-/m0/s1. The van der Waals surface area contributed by atoms with Crippen molar-refractivity contribution in [2.45, 2.75) is 58.0 Å². The molecule has 7 nitrogen and oxygen atoms in total. The molecule has 0 aromatic carbocycles. The fourth-order valence-corrected chi connectivity index (χ4v) is 3.84. The van der Waals surface area contributed by atoms with Gasteiger partial charge in [0.25, 0.3) is 5.91 Å². The van der Waals surface area contributed by atoms with E-state index >= 15 is 0 Å². The molecule has 8 heteroatoms. The number of amides is 1. The van der Waals surface area contributed by atoms with Crippen LogP contribution in [-0.4, -0.2) is 45.0 Å². The number of carbonyl (C=O) groups is 1. The summed E-state index contributed by atoms with van der Waals surface area (Å²) in [4.78, 5) is 16.5. The number of aromatic nitrogens is 4. The van der Waals surface area contributed by atoms with Crippen LogP contribution in [0, 0.1) is 6.92 Å². The van der Waals surface area contributed by atoms with Gasteiger partial charge in [0.2, 0.25) is 0 Å². The third kappa shape index (κ3) is 5.61. The molecule has 2 aromatic rings. The molecular weight excluding hydrogens is 336 g/mol. The molecule has 0 bridgehead atoms. The van der Waals surface area contributed by atoms with Crippen molar-refractivity contribution in [3.8, 4) is 0 Å². The minimum absolute atomic E-state index is 0.155. The van der Waals surface area contributed by atoms with Crippen LogP contribution in [0.3, 0.4) is 0 Å². The fraction of sp³-hybridized carbons (Fsp3) is 0.647. The molecule has 0 aliphatic carbocycles. The zero-order chi connectivity index (χ0) is 17.5. The summed E-state index contributed by atoms with van der Waals surface area (Å²) in [6.45, 7) is 4.52. The summed E-state index contributed by atoms with van der Waals surface area (Å²) in [7, 11) is 0. The normalized spacial score (nSPS) is 17.6. The van der Waals surface area contributed by atoms with Gasteiger partial charge in [0.05, 0.1) is 11.2 Å². The molecule has 0 radical (unpaired) electrons. The number of hydrogen-bond acceptors (Lipinski definition) is 6. The van der Waals surface area contributed by atoms with Gasteiger partial charge < -0.3 is 10.6 Å². The van der Waals surface area contributed by atoms with E-state index in [1.54, 1.807) is 22.2 Å². The molecule has 1 aliphatic rings. The van der Waals surface area contributed by atoms with Crippen LogP contribution in [0.4, 0.5) is 0 Å². The first-order valence-corrected chi connectivity index (χ1v) is 9.91. The minimum atomic E-state index is -0.155. The third-order valence-electron chi connectivity index (χ3n) is 4.41. The molecule has 0 unspecified atom stereocenters. The molecular formula is C17H26N6OS. The van der Waals surface area contributed by atoms with Crippen molar-refractivity contribution in [1.29, 1.82) is 0 Å². The van der Waals surface area contributed by atoms with Crippen molar-refractivity contribution in [3.05, 3.63) is 28.0 Å². The summed E-state index contributed by atoms with van der Waals surface area (Å²) in [5.41, 5.74) is 1.45. The van der Waals surface area contributed by atoms with Crippen molar-refractivity contribution in [1.82, 2.24) is 30.6 Å². The van der Waals surface area contributed by atoms with Gasteiger partial charge in [0.15, 0.2) is 5.69 Å². The first-order valence-electron chi connectivity index (χ1n) is 9.03. The van der Waals surface area contributed by atoms with Crippen LogP contribution in [-0.2, 0) is 13.0 Å². The first-order chi connectivity index (χ1) is 12.2. The number of aryl methyl sites for hydroxylation is 3. The van der Waals surface area contributed by atoms with E-state index in [0.717, 1.165) is 43.1 Å². The van der Waals surface area contributed by atoms with Gasteiger partial charge >= 0.3 is 0 Å². The highest BCUT2D eigenvalue weighted by atomic mass is 32.1. The maximum Gasteiger partial charge on any atom is 0.273 e. The predicted molar refractivity (Wildman–Crippen MR) is 97.8 cm³/mol. The summed E-state index contributed by atoms with van der Waals surface area (Å²) in [5.74, 6) is -0.155. The SMILES string of the molecule is Cc1csc(CCCNC(=O)c2cn(CC[C@@H]3CCCCN3)nn2)n1. The number of hydrogen-bond donors (Lipinski definition) is 2. The number of piperidine rings is 1. The van der Waals surface area contributed by atoms with Gasteiger partial charge in [-0.05, 0) is 39.2 Å². The molecule has 136 valence electrons. The predicted octanol–water partition coefficient (Wildman–Crippen LogP) is 1.94. The van der Waals surface area contributed by atoms with Gasteiger partial charge in [-0.1, -0.05) is 11.6 Å². The fourth-order valence-electron chi connectivity index (χ4n) is 3.02. The smallest absolute Gasteiger partial charge is 0.273 e. The molecule has 0 saturated carbocycles. The third-order valence-corrected chi connectivity index (χ3v) is 5.44. The molecule has 1 amide bonds. The molecule has 2 aromatic heterocycles. The van der Waals surface area contributed by atoms with Gasteiger partial charge in [-0.15, -0.1) is 16.4 Å². The Morgan fingerprint density at radius 3 is 3.16 bits per heavy atom. The van der Waals surface area contributed by atoms with Crippen LogP contribution in [0.1, 0.15) is 53.3 Å². The van der Waals surface area contributed by atoms with Crippen molar-refractivity contribution < 1.29 is 4.79 Å². The average Bonchev–Trinajstić information content (AvgIpc) is 3.27. The Kier molecular flexibility index (Phi) is 6.52. The van der Waals surface area contributed by atoms with Crippen LogP contribution in [0.2, 0.25) is 0 Å². The second kappa shape index (κ2) is 9.05. The topological polar surface area (TPSA) is 84.7 Å². The second-order valence-electron chi connectivity index (χ2n) is 6.54. The molecule has 1 aliphatic heterocycles. The molecule has 0 spiro atoms. The lowest BCUT2D eigenvalue weighted by atomic mass is 10.0. The number of thiazole rings is 1. The van der Waals surface area contributed by atoms with E-state index in [1.807, 2.05) is 6.92 Å². The summed E-state index contributed by atoms with van der Waals surface area (Å²) in [5, 5.41) is 17.7. The molecule has 1 fully saturated rings. The molecule has 3 heterocycles. The van der Waals surface area contributed by atoms with Crippen LogP contribution < -0.4 is 10.6 Å². The van der Waals surface area contributed by atoms with Gasteiger partial charge in [0, 0.05) is 36.6 Å². The van der Waals surface area contributed by atoms with E-state index in [2.05, 4.69) is 31.3 Å². The number of carbonyl (C=O) groups excluding carboxylic acids is 1. The Morgan fingerprint density at radius 1 is 1.48 bits per heavy atom. The van der Waals surface area contributed by atoms with Gasteiger partial charge in [-0.3, -0.25) is 9.48 Å². The van der Waals surface area contributed by atoms with E-state index in [0.29, 0.717) is 18.3 Å². The van der Waals surface area contributed by atoms with Crippen LogP contribution in [0.15, 0.2) is 11.6 Å². The largest absolute Gasteiger partial charge is 0.351 e. The zero-order valence-corrected chi connectivity index (χ0v) is 15.5. The first kappa shape index (κ1) is 18.0. The van der Waals surface area contributed by atoms with Gasteiger partial charge in [-0.2, -0.15) is 0 Å². The van der Waals surface area contributed by atoms with Gasteiger partial charge in [0.1, 0.15) is 0 Å². The van der Waals surface area contributed by atoms with E-state index in [1.165, 1.54) is 19.3 Å². The Labute approximate surface area is 152 Å². The Morgan fingerprint density at radius 2 is 2.40 bits per heavy atom. The highest BCUT2D eigenvalue weighted by molar-refractivity contribution is 7.09. The number of nitrogens with one attached hydrogen (secondary N) is 2. The van der Waals surface area contributed by atoms with Crippen molar-refractivity contribution in [3.63, 3.8) is 0 Å². The molecule has 1 atom stereocenters. The Hall–Kier alpha value is -1.80. The number of nitrogens with zero attached hydrogens (tertiary/aromatic N) is 4. The summed E-state index contributed by atoms with van der Waals surface area (Å²) in [6, 6.07) is 0.560. The lowest BCUT2D eigenvalue weighted by Crippen LogP contribution is -2.34. The second-order valence-corrected chi connectivity index (χ2v) is 7.49. The van der Waals surface area contributed by atoms with E-state index in [-0.39, 0.29) is 5.91 Å². The maximum absolute atomic E-state index is 12.1. The lowest BCUT2D eigenvalue weighted by molar-refractivity contribution is 0.0948. The van der Waals surface area contributed by atoms with Crippen LogP contribution in [0.25, 0.3) is 0 Å². The molecule has 1 saturated heterocycles. The quantitative estimate of drug-likeness (QED) is 0.701. The summed E-state index contributed by atoms with van der Waals surface area (Å²) >= 11 is 1.67. The molecule has 2 N–H and O–H groups in total. The maximum atomic E-state index is 12.1. The summed E-state index contributed by atoms with van der Waals surface area (Å²) < 4.78 is 1.77. The Balaban J connectivity index is 1.36. The van der Waals surface area contributed by atoms with E-state index in [4.69, 9.17) is 0 Å². The lowest BCUT2D eigenvalue weighted by Gasteiger charge is -2.23. The minimum Gasteiger partial charge on any atom is -0.351 e. The van der Waals surface area contributed by atoms with Crippen molar-refractivity contribution in [2.75, 3.05) is 13.1 Å². The van der Waals surface area contributed by atoms with Crippen LogP contribution in [0.5, 0.6) is 0 Å². The van der Waals surface area contributed by atoms with E-state index < -0.39 is 0 Å². The van der Waals surface area contributed by atoms with Gasteiger partial charge in [-0.25, -0.2) is 4.98 Å².